The number of hydrogen-bond donors (Lipinski definition) is 1. The maximum Gasteiger partial charge on any atom is 0.373 e. The monoisotopic (exact) mass is 247 g/mol. The van der Waals surface area contributed by atoms with Crippen molar-refractivity contribution in [3.63, 3.8) is 0 Å². The van der Waals surface area contributed by atoms with E-state index < -0.39 is 5.97 Å². The van der Waals surface area contributed by atoms with Gasteiger partial charge in [0.1, 0.15) is 5.75 Å². The van der Waals surface area contributed by atoms with Crippen LogP contribution in [0.5, 0.6) is 5.75 Å². The topological polar surface area (TPSA) is 72.6 Å². The molecule has 0 amide bonds. The van der Waals surface area contributed by atoms with Crippen LogP contribution in [0.3, 0.4) is 0 Å². The molecule has 0 bridgehead atoms. The van der Waals surface area contributed by atoms with Gasteiger partial charge >= 0.3 is 5.97 Å². The van der Waals surface area contributed by atoms with E-state index in [2.05, 4.69) is 4.98 Å². The Bertz CT molecular complexity index is 574. The van der Waals surface area contributed by atoms with Crippen molar-refractivity contribution in [1.29, 1.82) is 0 Å². The average molecular weight is 247 g/mol. The Labute approximate surface area is 104 Å². The van der Waals surface area contributed by atoms with Gasteiger partial charge in [-0.3, -0.25) is 0 Å². The fraction of sp³-hybridized carbons (Fsp3) is 0.231. The number of benzene rings is 1. The van der Waals surface area contributed by atoms with Crippen molar-refractivity contribution in [3.05, 3.63) is 35.7 Å². The molecule has 0 aliphatic rings. The number of aryl methyl sites for hydroxylation is 1. The predicted octanol–water partition coefficient (Wildman–Crippen LogP) is 2.61. The molecular formula is C13H13NO4. The summed E-state index contributed by atoms with van der Waals surface area (Å²) in [5.41, 5.74) is 1.07. The summed E-state index contributed by atoms with van der Waals surface area (Å²) in [5.74, 6) is -0.362. The first-order valence-corrected chi connectivity index (χ1v) is 5.53. The van der Waals surface area contributed by atoms with Crippen LogP contribution in [0.1, 0.15) is 23.2 Å². The van der Waals surface area contributed by atoms with Crippen LogP contribution in [0, 0.1) is 0 Å². The number of rotatable bonds is 4. The first kappa shape index (κ1) is 12.2. The Morgan fingerprint density at radius 3 is 2.72 bits per heavy atom. The predicted molar refractivity (Wildman–Crippen MR) is 64.8 cm³/mol. The van der Waals surface area contributed by atoms with E-state index >= 15 is 0 Å². The fourth-order valence-corrected chi connectivity index (χ4v) is 1.69. The quantitative estimate of drug-likeness (QED) is 0.899. The minimum Gasteiger partial charge on any atom is -0.496 e. The van der Waals surface area contributed by atoms with Gasteiger partial charge in [0.15, 0.2) is 0 Å². The summed E-state index contributed by atoms with van der Waals surface area (Å²) in [6.07, 6.45) is 0.500. The van der Waals surface area contributed by atoms with Gasteiger partial charge in [-0.1, -0.05) is 19.1 Å². The van der Waals surface area contributed by atoms with E-state index in [1.54, 1.807) is 19.2 Å². The molecule has 18 heavy (non-hydrogen) atoms. The van der Waals surface area contributed by atoms with E-state index in [-0.39, 0.29) is 11.7 Å². The molecule has 2 aromatic rings. The Morgan fingerprint density at radius 1 is 1.44 bits per heavy atom. The lowest BCUT2D eigenvalue weighted by Gasteiger charge is -2.03. The summed E-state index contributed by atoms with van der Waals surface area (Å²) < 4.78 is 10.5. The van der Waals surface area contributed by atoms with Gasteiger partial charge in [0, 0.05) is 0 Å². The Hall–Kier alpha value is -2.30. The van der Waals surface area contributed by atoms with Gasteiger partial charge in [-0.25, -0.2) is 9.78 Å². The average Bonchev–Trinajstić information content (AvgIpc) is 2.82. The zero-order valence-electron chi connectivity index (χ0n) is 10.1. The molecule has 94 valence electrons. The first-order chi connectivity index (χ1) is 8.67. The van der Waals surface area contributed by atoms with E-state index in [9.17, 15) is 4.79 Å². The maximum absolute atomic E-state index is 11.0. The standard InChI is InChI=1S/C13H13NO4/c1-3-9-11(13(15)16)18-12(14-9)8-6-4-5-7-10(8)17-2/h4-7H,3H2,1-2H3,(H,15,16). The largest absolute Gasteiger partial charge is 0.496 e. The Morgan fingerprint density at radius 2 is 2.17 bits per heavy atom. The number of methoxy groups -OCH3 is 1. The van der Waals surface area contributed by atoms with Crippen molar-refractivity contribution >= 4 is 5.97 Å². The number of para-hydroxylation sites is 1. The molecule has 0 fully saturated rings. The molecule has 5 heteroatoms. The van der Waals surface area contributed by atoms with Crippen LogP contribution >= 0.6 is 0 Å². The molecule has 0 atom stereocenters. The van der Waals surface area contributed by atoms with Gasteiger partial charge in [0.05, 0.1) is 18.4 Å². The van der Waals surface area contributed by atoms with E-state index in [1.807, 2.05) is 19.1 Å². The first-order valence-electron chi connectivity index (χ1n) is 5.53. The van der Waals surface area contributed by atoms with Crippen LogP contribution in [-0.4, -0.2) is 23.2 Å². The van der Waals surface area contributed by atoms with Crippen LogP contribution in [0.4, 0.5) is 0 Å². The normalized spacial score (nSPS) is 10.3. The molecule has 2 rings (SSSR count). The van der Waals surface area contributed by atoms with Gasteiger partial charge in [-0.05, 0) is 18.6 Å². The van der Waals surface area contributed by atoms with Crippen LogP contribution in [0.2, 0.25) is 0 Å². The maximum atomic E-state index is 11.0. The second-order valence-electron chi connectivity index (χ2n) is 3.65. The highest BCUT2D eigenvalue weighted by Crippen LogP contribution is 2.30. The summed E-state index contributed by atoms with van der Waals surface area (Å²) >= 11 is 0. The van der Waals surface area contributed by atoms with Crippen LogP contribution in [0.15, 0.2) is 28.7 Å². The lowest BCUT2D eigenvalue weighted by Crippen LogP contribution is -1.98. The van der Waals surface area contributed by atoms with Gasteiger partial charge < -0.3 is 14.3 Å². The molecule has 1 N–H and O–H groups in total. The molecule has 0 aliphatic carbocycles. The number of carbonyl (C=O) groups is 1. The van der Waals surface area contributed by atoms with E-state index in [0.717, 1.165) is 0 Å². The van der Waals surface area contributed by atoms with Crippen molar-refractivity contribution in [2.75, 3.05) is 7.11 Å². The van der Waals surface area contributed by atoms with Gasteiger partial charge in [0.2, 0.25) is 11.7 Å². The van der Waals surface area contributed by atoms with Gasteiger partial charge in [0.25, 0.3) is 0 Å². The highest BCUT2D eigenvalue weighted by molar-refractivity contribution is 5.86. The number of carboxylic acid groups (broad SMARTS) is 1. The van der Waals surface area contributed by atoms with Gasteiger partial charge in [-0.15, -0.1) is 0 Å². The second-order valence-corrected chi connectivity index (χ2v) is 3.65. The van der Waals surface area contributed by atoms with Crippen molar-refractivity contribution in [1.82, 2.24) is 4.98 Å². The summed E-state index contributed by atoms with van der Waals surface area (Å²) in [4.78, 5) is 15.2. The fourth-order valence-electron chi connectivity index (χ4n) is 1.69. The number of hydrogen-bond acceptors (Lipinski definition) is 4. The lowest BCUT2D eigenvalue weighted by molar-refractivity contribution is 0.0662. The molecule has 0 saturated carbocycles. The van der Waals surface area contributed by atoms with Crippen molar-refractivity contribution in [2.45, 2.75) is 13.3 Å². The van der Waals surface area contributed by atoms with Crippen molar-refractivity contribution in [3.8, 4) is 17.2 Å². The summed E-state index contributed by atoms with van der Waals surface area (Å²) in [7, 11) is 1.54. The highest BCUT2D eigenvalue weighted by atomic mass is 16.5. The van der Waals surface area contributed by atoms with E-state index in [4.69, 9.17) is 14.3 Å². The molecule has 1 aromatic heterocycles. The zero-order chi connectivity index (χ0) is 13.1. The van der Waals surface area contributed by atoms with Crippen LogP contribution < -0.4 is 4.74 Å². The third-order valence-electron chi connectivity index (χ3n) is 2.56. The van der Waals surface area contributed by atoms with Crippen molar-refractivity contribution < 1.29 is 19.1 Å². The van der Waals surface area contributed by atoms with Crippen LogP contribution in [-0.2, 0) is 6.42 Å². The number of nitrogens with zero attached hydrogens (tertiary/aromatic N) is 1. The highest BCUT2D eigenvalue weighted by Gasteiger charge is 2.20. The lowest BCUT2D eigenvalue weighted by atomic mass is 10.2. The minimum absolute atomic E-state index is 0.113. The number of carboxylic acids is 1. The SMILES string of the molecule is CCc1nc(-c2ccccc2OC)oc1C(=O)O. The third-order valence-corrected chi connectivity index (χ3v) is 2.56. The molecule has 1 heterocycles. The molecule has 1 aromatic carbocycles. The van der Waals surface area contributed by atoms with E-state index in [1.165, 1.54) is 0 Å². The summed E-state index contributed by atoms with van der Waals surface area (Å²) in [6.45, 7) is 1.83. The summed E-state index contributed by atoms with van der Waals surface area (Å²) in [6, 6.07) is 7.18. The third kappa shape index (κ3) is 2.07. The van der Waals surface area contributed by atoms with Gasteiger partial charge in [-0.2, -0.15) is 0 Å². The minimum atomic E-state index is -1.11. The molecular weight excluding hydrogens is 234 g/mol. The Kier molecular flexibility index (Phi) is 3.32. The molecule has 0 unspecified atom stereocenters. The second kappa shape index (κ2) is 4.91. The van der Waals surface area contributed by atoms with E-state index in [0.29, 0.717) is 23.4 Å². The molecule has 5 nitrogen and oxygen atoms in total. The van der Waals surface area contributed by atoms with Crippen molar-refractivity contribution in [2.24, 2.45) is 0 Å². The number of aromatic carboxylic acids is 1. The summed E-state index contributed by atoms with van der Waals surface area (Å²) in [5, 5.41) is 9.02. The molecule has 0 aliphatic heterocycles. The number of oxazole rings is 1. The number of ether oxygens (including phenoxy) is 1. The zero-order valence-corrected chi connectivity index (χ0v) is 10.1. The Balaban J connectivity index is 2.54. The number of aromatic nitrogens is 1. The van der Waals surface area contributed by atoms with Crippen LogP contribution in [0.25, 0.3) is 11.5 Å². The molecule has 0 saturated heterocycles. The smallest absolute Gasteiger partial charge is 0.373 e. The molecule has 0 radical (unpaired) electrons. The molecule has 0 spiro atoms.